The molecule has 3 rings (SSSR count). The van der Waals surface area contributed by atoms with E-state index in [0.717, 1.165) is 4.70 Å². The Bertz CT molecular complexity index is 906. The molecule has 4 nitrogen and oxygen atoms in total. The normalized spacial score (nSPS) is 11.7. The van der Waals surface area contributed by atoms with E-state index in [1.165, 1.54) is 11.3 Å². The molecule has 23 heavy (non-hydrogen) atoms. The number of amides is 1. The van der Waals surface area contributed by atoms with Crippen LogP contribution in [0.1, 0.15) is 22.3 Å². The number of rotatable bonds is 3. The Morgan fingerprint density at radius 2 is 2.04 bits per heavy atom. The van der Waals surface area contributed by atoms with Gasteiger partial charge in [-0.25, -0.2) is 5.43 Å². The number of benzene rings is 1. The molecule has 116 valence electrons. The smallest absolute Gasteiger partial charge is 0.266 e. The van der Waals surface area contributed by atoms with Gasteiger partial charge in [0.25, 0.3) is 5.91 Å². The van der Waals surface area contributed by atoms with Gasteiger partial charge in [-0.2, -0.15) is 5.10 Å². The molecule has 2 aromatic heterocycles. The summed E-state index contributed by atoms with van der Waals surface area (Å²) in [4.78, 5) is 16.9. The molecule has 0 radical (unpaired) electrons. The summed E-state index contributed by atoms with van der Waals surface area (Å²) >= 11 is 13.7. The molecule has 2 heterocycles. The summed E-state index contributed by atoms with van der Waals surface area (Å²) in [5, 5.41) is 5.64. The maximum Gasteiger partial charge on any atom is 0.283 e. The number of nitrogens with one attached hydrogen (secondary N) is 1. The first-order chi connectivity index (χ1) is 11.1. The molecule has 0 bridgehead atoms. The molecule has 0 spiro atoms. The molecular formula is C16H11Cl2N3OS. The van der Waals surface area contributed by atoms with E-state index in [4.69, 9.17) is 23.2 Å². The first-order valence-corrected chi connectivity index (χ1v) is 8.27. The maximum absolute atomic E-state index is 12.3. The highest BCUT2D eigenvalue weighted by Gasteiger charge is 2.18. The predicted octanol–water partition coefficient (Wildman–Crippen LogP) is 4.76. The van der Waals surface area contributed by atoms with E-state index in [0.29, 0.717) is 31.7 Å². The molecule has 0 atom stereocenters. The number of aromatic nitrogens is 1. The Labute approximate surface area is 146 Å². The van der Waals surface area contributed by atoms with Crippen molar-refractivity contribution in [2.45, 2.75) is 6.92 Å². The summed E-state index contributed by atoms with van der Waals surface area (Å²) in [7, 11) is 0. The molecule has 1 N–H and O–H groups in total. The van der Waals surface area contributed by atoms with Gasteiger partial charge in [-0.3, -0.25) is 9.78 Å². The summed E-state index contributed by atoms with van der Waals surface area (Å²) in [6.45, 7) is 1.77. The number of carbonyl (C=O) groups excluding carboxylic acids is 1. The fourth-order valence-electron chi connectivity index (χ4n) is 2.04. The van der Waals surface area contributed by atoms with Crippen LogP contribution in [0.3, 0.4) is 0 Å². The molecule has 1 aromatic carbocycles. The molecular weight excluding hydrogens is 353 g/mol. The summed E-state index contributed by atoms with van der Waals surface area (Å²) in [5.74, 6) is -0.373. The quantitative estimate of drug-likeness (QED) is 0.538. The van der Waals surface area contributed by atoms with Crippen molar-refractivity contribution >= 4 is 56.2 Å². The van der Waals surface area contributed by atoms with Crippen molar-refractivity contribution in [1.29, 1.82) is 0 Å². The van der Waals surface area contributed by atoms with Crippen molar-refractivity contribution in [3.8, 4) is 0 Å². The average Bonchev–Trinajstić information content (AvgIpc) is 2.91. The van der Waals surface area contributed by atoms with Crippen LogP contribution in [0.5, 0.6) is 0 Å². The average molecular weight is 364 g/mol. The van der Waals surface area contributed by atoms with Crippen LogP contribution in [0.25, 0.3) is 10.1 Å². The van der Waals surface area contributed by atoms with Gasteiger partial charge in [0.05, 0.1) is 21.5 Å². The van der Waals surface area contributed by atoms with E-state index < -0.39 is 0 Å². The van der Waals surface area contributed by atoms with Crippen molar-refractivity contribution in [3.63, 3.8) is 0 Å². The minimum atomic E-state index is -0.373. The molecule has 0 saturated heterocycles. The monoisotopic (exact) mass is 363 g/mol. The van der Waals surface area contributed by atoms with Crippen molar-refractivity contribution < 1.29 is 4.79 Å². The van der Waals surface area contributed by atoms with Crippen molar-refractivity contribution in [1.82, 2.24) is 10.4 Å². The van der Waals surface area contributed by atoms with Crippen molar-refractivity contribution in [2.24, 2.45) is 5.10 Å². The van der Waals surface area contributed by atoms with E-state index in [1.54, 1.807) is 19.2 Å². The molecule has 0 fully saturated rings. The van der Waals surface area contributed by atoms with Crippen molar-refractivity contribution in [2.75, 3.05) is 0 Å². The molecule has 7 heteroatoms. The minimum Gasteiger partial charge on any atom is -0.266 e. The van der Waals surface area contributed by atoms with Crippen LogP contribution in [-0.4, -0.2) is 16.6 Å². The van der Waals surface area contributed by atoms with Crippen LogP contribution >= 0.6 is 34.5 Å². The Morgan fingerprint density at radius 1 is 1.22 bits per heavy atom. The third kappa shape index (κ3) is 3.22. The Hall–Kier alpha value is -1.95. The number of hydrogen-bond acceptors (Lipinski definition) is 4. The Morgan fingerprint density at radius 3 is 2.74 bits per heavy atom. The number of hydrazone groups is 1. The largest absolute Gasteiger partial charge is 0.283 e. The zero-order valence-corrected chi connectivity index (χ0v) is 14.3. The molecule has 0 aliphatic rings. The lowest BCUT2D eigenvalue weighted by molar-refractivity contribution is 0.0959. The van der Waals surface area contributed by atoms with Gasteiger partial charge in [-0.15, -0.1) is 11.3 Å². The van der Waals surface area contributed by atoms with Crippen LogP contribution in [0.15, 0.2) is 47.7 Å². The summed E-state index contributed by atoms with van der Waals surface area (Å²) in [6, 6.07) is 10.9. The number of nitrogens with zero attached hydrogens (tertiary/aromatic N) is 2. The van der Waals surface area contributed by atoms with Crippen LogP contribution in [0.2, 0.25) is 10.0 Å². The number of hydrogen-bond donors (Lipinski definition) is 1. The molecule has 1 amide bonds. The van der Waals surface area contributed by atoms with Gasteiger partial charge in [-0.05, 0) is 31.2 Å². The van der Waals surface area contributed by atoms with Gasteiger partial charge >= 0.3 is 0 Å². The van der Waals surface area contributed by atoms with E-state index >= 15 is 0 Å². The molecule has 3 aromatic rings. The highest BCUT2D eigenvalue weighted by Crippen LogP contribution is 2.39. The Kier molecular flexibility index (Phi) is 4.61. The first-order valence-electron chi connectivity index (χ1n) is 6.70. The lowest BCUT2D eigenvalue weighted by atomic mass is 10.2. The number of carbonyl (C=O) groups is 1. The van der Waals surface area contributed by atoms with Gasteiger partial charge in [0.1, 0.15) is 4.88 Å². The van der Waals surface area contributed by atoms with Crippen LogP contribution < -0.4 is 5.43 Å². The summed E-state index contributed by atoms with van der Waals surface area (Å²) in [6.07, 6.45) is 1.67. The second-order valence-electron chi connectivity index (χ2n) is 4.71. The van der Waals surface area contributed by atoms with Crippen LogP contribution in [0.4, 0.5) is 0 Å². The summed E-state index contributed by atoms with van der Waals surface area (Å²) < 4.78 is 0.859. The highest BCUT2D eigenvalue weighted by molar-refractivity contribution is 7.21. The zero-order chi connectivity index (χ0) is 16.4. The van der Waals surface area contributed by atoms with E-state index in [2.05, 4.69) is 15.5 Å². The minimum absolute atomic E-state index is 0.346. The Balaban J connectivity index is 1.87. The van der Waals surface area contributed by atoms with Gasteiger partial charge < -0.3 is 0 Å². The van der Waals surface area contributed by atoms with E-state index in [9.17, 15) is 4.79 Å². The standard InChI is InChI=1S/C16H11Cl2N3OS/c1-9(11-6-2-3-8-19-11)20-21-16(22)15-14(18)13-10(17)5-4-7-12(13)23-15/h2-8H,1H3,(H,21,22). The predicted molar refractivity (Wildman–Crippen MR) is 95.8 cm³/mol. The van der Waals surface area contributed by atoms with E-state index in [1.807, 2.05) is 30.3 Å². The zero-order valence-electron chi connectivity index (χ0n) is 12.0. The van der Waals surface area contributed by atoms with Gasteiger partial charge in [0.15, 0.2) is 0 Å². The number of pyridine rings is 1. The first kappa shape index (κ1) is 15.9. The van der Waals surface area contributed by atoms with Crippen LogP contribution in [0, 0.1) is 0 Å². The van der Waals surface area contributed by atoms with Crippen LogP contribution in [-0.2, 0) is 0 Å². The lowest BCUT2D eigenvalue weighted by Gasteiger charge is -2.01. The molecule has 0 aliphatic heterocycles. The third-order valence-corrected chi connectivity index (χ3v) is 5.13. The fraction of sp³-hybridized carbons (Fsp3) is 0.0625. The van der Waals surface area contributed by atoms with Gasteiger partial charge in [-0.1, -0.05) is 35.3 Å². The summed E-state index contributed by atoms with van der Waals surface area (Å²) in [5.41, 5.74) is 3.81. The molecule has 0 saturated carbocycles. The van der Waals surface area contributed by atoms with Gasteiger partial charge in [0.2, 0.25) is 0 Å². The molecule has 0 unspecified atom stereocenters. The maximum atomic E-state index is 12.3. The number of halogens is 2. The highest BCUT2D eigenvalue weighted by atomic mass is 35.5. The van der Waals surface area contributed by atoms with Gasteiger partial charge in [0, 0.05) is 16.3 Å². The second-order valence-corrected chi connectivity index (χ2v) is 6.55. The number of fused-ring (bicyclic) bond motifs is 1. The fourth-order valence-corrected chi connectivity index (χ4v) is 3.88. The molecule has 0 aliphatic carbocycles. The van der Waals surface area contributed by atoms with Crippen molar-refractivity contribution in [3.05, 3.63) is 63.2 Å². The topological polar surface area (TPSA) is 54.4 Å². The lowest BCUT2D eigenvalue weighted by Crippen LogP contribution is -2.18. The SMILES string of the molecule is CC(=NNC(=O)c1sc2cccc(Cl)c2c1Cl)c1ccccn1. The van der Waals surface area contributed by atoms with E-state index in [-0.39, 0.29) is 5.91 Å². The second kappa shape index (κ2) is 6.66. The number of thiophene rings is 1. The third-order valence-electron chi connectivity index (χ3n) is 3.17.